The first-order valence-electron chi connectivity index (χ1n) is 2.85. The van der Waals surface area contributed by atoms with E-state index < -0.39 is 0 Å². The SMILES string of the molecule is CCOOC/C(C=O)=C/[O-]. The van der Waals surface area contributed by atoms with Crippen LogP contribution in [0.15, 0.2) is 11.8 Å². The predicted octanol–water partition coefficient (Wildman–Crippen LogP) is -0.602. The molecule has 0 N–H and O–H groups in total. The molecule has 0 atom stereocenters. The van der Waals surface area contributed by atoms with Crippen LogP contribution in [0.3, 0.4) is 0 Å². The Morgan fingerprint density at radius 2 is 2.30 bits per heavy atom. The smallest absolute Gasteiger partial charge is 0.147 e. The lowest BCUT2D eigenvalue weighted by molar-refractivity contribution is -0.293. The Balaban J connectivity index is 3.36. The molecule has 0 amide bonds. The number of carbonyl (C=O) groups excluding carboxylic acids is 1. The summed E-state index contributed by atoms with van der Waals surface area (Å²) in [6.07, 6.45) is 0.873. The normalized spacial score (nSPS) is 11.5. The summed E-state index contributed by atoms with van der Waals surface area (Å²) < 4.78 is 0. The van der Waals surface area contributed by atoms with Gasteiger partial charge in [-0.15, -0.1) is 6.26 Å². The molecule has 0 heterocycles. The minimum atomic E-state index is -0.0825. The van der Waals surface area contributed by atoms with E-state index in [-0.39, 0.29) is 12.2 Å². The van der Waals surface area contributed by atoms with Crippen molar-refractivity contribution in [3.63, 3.8) is 0 Å². The molecular formula is C6H9O4-. The second kappa shape index (κ2) is 6.25. The molecule has 0 aromatic carbocycles. The van der Waals surface area contributed by atoms with E-state index in [1.54, 1.807) is 6.92 Å². The number of aldehydes is 1. The van der Waals surface area contributed by atoms with Crippen LogP contribution in [0.25, 0.3) is 0 Å². The maximum Gasteiger partial charge on any atom is 0.147 e. The monoisotopic (exact) mass is 145 g/mol. The molecule has 4 heteroatoms. The number of carbonyl (C=O) groups is 1. The van der Waals surface area contributed by atoms with Gasteiger partial charge in [0, 0.05) is 5.57 Å². The third-order valence-corrected chi connectivity index (χ3v) is 0.730. The highest BCUT2D eigenvalue weighted by Crippen LogP contribution is 1.88. The first-order valence-corrected chi connectivity index (χ1v) is 2.85. The van der Waals surface area contributed by atoms with Crippen molar-refractivity contribution in [2.75, 3.05) is 13.2 Å². The van der Waals surface area contributed by atoms with E-state index in [1.807, 2.05) is 0 Å². The number of hydrogen-bond acceptors (Lipinski definition) is 4. The lowest BCUT2D eigenvalue weighted by Crippen LogP contribution is -2.04. The Hall–Kier alpha value is -0.870. The molecular weight excluding hydrogens is 136 g/mol. The van der Waals surface area contributed by atoms with Gasteiger partial charge in [0.25, 0.3) is 0 Å². The molecule has 0 saturated carbocycles. The van der Waals surface area contributed by atoms with Gasteiger partial charge in [0.05, 0.1) is 6.61 Å². The number of hydrogen-bond donors (Lipinski definition) is 0. The van der Waals surface area contributed by atoms with Crippen LogP contribution in [0.1, 0.15) is 6.92 Å². The van der Waals surface area contributed by atoms with Crippen molar-refractivity contribution in [2.24, 2.45) is 0 Å². The van der Waals surface area contributed by atoms with E-state index in [0.717, 1.165) is 0 Å². The second-order valence-electron chi connectivity index (χ2n) is 1.48. The highest BCUT2D eigenvalue weighted by molar-refractivity contribution is 5.72. The molecule has 0 aliphatic rings. The van der Waals surface area contributed by atoms with E-state index in [4.69, 9.17) is 0 Å². The molecule has 0 unspecified atom stereocenters. The van der Waals surface area contributed by atoms with Gasteiger partial charge in [-0.05, 0) is 6.92 Å². The Bertz CT molecular complexity index is 119. The van der Waals surface area contributed by atoms with Crippen LogP contribution < -0.4 is 5.11 Å². The van der Waals surface area contributed by atoms with E-state index in [1.165, 1.54) is 0 Å². The van der Waals surface area contributed by atoms with Crippen LogP contribution in [0.4, 0.5) is 0 Å². The van der Waals surface area contributed by atoms with Crippen LogP contribution >= 0.6 is 0 Å². The van der Waals surface area contributed by atoms with Gasteiger partial charge >= 0.3 is 0 Å². The van der Waals surface area contributed by atoms with E-state index in [2.05, 4.69) is 9.78 Å². The molecule has 0 bridgehead atoms. The molecule has 58 valence electrons. The zero-order valence-electron chi connectivity index (χ0n) is 5.70. The van der Waals surface area contributed by atoms with Crippen LogP contribution in [-0.4, -0.2) is 19.5 Å². The molecule has 0 spiro atoms. The Kier molecular flexibility index (Phi) is 5.71. The fourth-order valence-corrected chi connectivity index (χ4v) is 0.289. The van der Waals surface area contributed by atoms with Gasteiger partial charge in [0.2, 0.25) is 0 Å². The maximum atomic E-state index is 9.93. The van der Waals surface area contributed by atoms with Crippen LogP contribution in [-0.2, 0) is 14.6 Å². The summed E-state index contributed by atoms with van der Waals surface area (Å²) in [5.74, 6) is 0. The average molecular weight is 145 g/mol. The van der Waals surface area contributed by atoms with Gasteiger partial charge in [-0.3, -0.25) is 4.79 Å². The Morgan fingerprint density at radius 1 is 1.60 bits per heavy atom. The fraction of sp³-hybridized carbons (Fsp3) is 0.500. The first kappa shape index (κ1) is 9.13. The van der Waals surface area contributed by atoms with Gasteiger partial charge in [-0.25, -0.2) is 9.78 Å². The van der Waals surface area contributed by atoms with Crippen LogP contribution in [0.2, 0.25) is 0 Å². The molecule has 0 fully saturated rings. The average Bonchev–Trinajstić information content (AvgIpc) is 1.99. The summed E-state index contributed by atoms with van der Waals surface area (Å²) in [5.41, 5.74) is 0.0356. The maximum absolute atomic E-state index is 9.93. The van der Waals surface area contributed by atoms with Gasteiger partial charge in [-0.1, -0.05) is 0 Å². The van der Waals surface area contributed by atoms with Gasteiger partial charge in [0.1, 0.15) is 12.9 Å². The lowest BCUT2D eigenvalue weighted by atomic mass is 10.4. The fourth-order valence-electron chi connectivity index (χ4n) is 0.289. The van der Waals surface area contributed by atoms with Crippen molar-refractivity contribution in [3.05, 3.63) is 11.8 Å². The van der Waals surface area contributed by atoms with Crippen molar-refractivity contribution in [2.45, 2.75) is 6.92 Å². The molecule has 0 aliphatic heterocycles. The van der Waals surface area contributed by atoms with Crippen molar-refractivity contribution < 1.29 is 19.7 Å². The third kappa shape index (κ3) is 4.05. The highest BCUT2D eigenvalue weighted by atomic mass is 17.2. The molecule has 0 rings (SSSR count). The zero-order chi connectivity index (χ0) is 7.82. The van der Waals surface area contributed by atoms with Crippen LogP contribution in [0.5, 0.6) is 0 Å². The predicted molar refractivity (Wildman–Crippen MR) is 31.7 cm³/mol. The Labute approximate surface area is 59.0 Å². The van der Waals surface area contributed by atoms with Crippen molar-refractivity contribution in [1.29, 1.82) is 0 Å². The third-order valence-electron chi connectivity index (χ3n) is 0.730. The van der Waals surface area contributed by atoms with Crippen molar-refractivity contribution in [1.82, 2.24) is 0 Å². The molecule has 10 heavy (non-hydrogen) atoms. The molecule has 0 aromatic rings. The van der Waals surface area contributed by atoms with E-state index in [9.17, 15) is 9.90 Å². The standard InChI is InChI=1S/C6H10O4/c1-2-9-10-5-6(3-7)4-8/h3-4,7H,2,5H2,1H3/p-1/b6-3+. The highest BCUT2D eigenvalue weighted by Gasteiger charge is 1.90. The van der Waals surface area contributed by atoms with Crippen molar-refractivity contribution in [3.8, 4) is 0 Å². The van der Waals surface area contributed by atoms with Crippen LogP contribution in [0, 0.1) is 0 Å². The largest absolute Gasteiger partial charge is 0.878 e. The quantitative estimate of drug-likeness (QED) is 0.129. The van der Waals surface area contributed by atoms with E-state index >= 15 is 0 Å². The molecule has 4 nitrogen and oxygen atoms in total. The topological polar surface area (TPSA) is 58.6 Å². The summed E-state index contributed by atoms with van der Waals surface area (Å²) in [6.45, 7) is 2.05. The summed E-state index contributed by atoms with van der Waals surface area (Å²) >= 11 is 0. The van der Waals surface area contributed by atoms with Gasteiger partial charge < -0.3 is 5.11 Å². The summed E-state index contributed by atoms with van der Waals surface area (Å²) in [5, 5.41) is 9.93. The summed E-state index contributed by atoms with van der Waals surface area (Å²) in [6, 6.07) is 0. The number of rotatable bonds is 5. The lowest BCUT2D eigenvalue weighted by Gasteiger charge is -2.01. The van der Waals surface area contributed by atoms with Gasteiger partial charge in [0.15, 0.2) is 0 Å². The zero-order valence-corrected chi connectivity index (χ0v) is 5.70. The van der Waals surface area contributed by atoms with Crippen molar-refractivity contribution >= 4 is 6.29 Å². The first-order chi connectivity index (χ1) is 4.85. The second-order valence-corrected chi connectivity index (χ2v) is 1.48. The van der Waals surface area contributed by atoms with Gasteiger partial charge in [-0.2, -0.15) is 0 Å². The summed E-state index contributed by atoms with van der Waals surface area (Å²) in [4.78, 5) is 18.8. The minimum absolute atomic E-state index is 0.0356. The molecule has 0 aromatic heterocycles. The minimum Gasteiger partial charge on any atom is -0.878 e. The molecule has 0 saturated heterocycles. The molecule has 0 aliphatic carbocycles. The summed E-state index contributed by atoms with van der Waals surface area (Å²) in [7, 11) is 0. The Morgan fingerprint density at radius 3 is 2.70 bits per heavy atom. The molecule has 0 radical (unpaired) electrons. The van der Waals surface area contributed by atoms with E-state index in [0.29, 0.717) is 19.2 Å².